The van der Waals surface area contributed by atoms with Crippen LogP contribution in [0.4, 0.5) is 17.2 Å². The van der Waals surface area contributed by atoms with Crippen molar-refractivity contribution in [3.05, 3.63) is 72.7 Å². The minimum absolute atomic E-state index is 0.445. The zero-order chi connectivity index (χ0) is 23.8. The van der Waals surface area contributed by atoms with Crippen molar-refractivity contribution in [3.8, 4) is 11.3 Å². The van der Waals surface area contributed by atoms with E-state index in [-0.39, 0.29) is 0 Å². The quantitative estimate of drug-likeness (QED) is 0.476. The van der Waals surface area contributed by atoms with Gasteiger partial charge in [0.15, 0.2) is 11.5 Å². The molecule has 3 heterocycles. The first kappa shape index (κ1) is 21.9. The van der Waals surface area contributed by atoms with E-state index in [4.69, 9.17) is 5.73 Å². The van der Waals surface area contributed by atoms with Crippen LogP contribution in [0.2, 0.25) is 0 Å². The fourth-order valence-corrected chi connectivity index (χ4v) is 4.53. The van der Waals surface area contributed by atoms with Gasteiger partial charge < -0.3 is 16.0 Å². The van der Waals surface area contributed by atoms with E-state index in [0.717, 1.165) is 35.7 Å². The summed E-state index contributed by atoms with van der Waals surface area (Å²) >= 11 is 0. The van der Waals surface area contributed by atoms with Crippen molar-refractivity contribution in [2.45, 2.75) is 25.9 Å². The first-order chi connectivity index (χ1) is 16.4. The largest absolute Gasteiger partial charge is 0.368 e. The second-order valence-corrected chi connectivity index (χ2v) is 8.99. The summed E-state index contributed by atoms with van der Waals surface area (Å²) in [6, 6.07) is 16.7. The Balaban J connectivity index is 1.37. The zero-order valence-electron chi connectivity index (χ0n) is 19.6. The molecule has 2 aromatic carbocycles. The van der Waals surface area contributed by atoms with E-state index < -0.39 is 5.91 Å². The lowest BCUT2D eigenvalue weighted by molar-refractivity contribution is 0.100. The van der Waals surface area contributed by atoms with E-state index in [1.807, 2.05) is 22.7 Å². The highest BCUT2D eigenvalue weighted by molar-refractivity contribution is 5.93. The highest BCUT2D eigenvalue weighted by atomic mass is 16.1. The van der Waals surface area contributed by atoms with Crippen molar-refractivity contribution in [1.29, 1.82) is 0 Å². The zero-order valence-corrected chi connectivity index (χ0v) is 19.6. The molecule has 8 heteroatoms. The summed E-state index contributed by atoms with van der Waals surface area (Å²) in [7, 11) is 2.20. The molecule has 1 aliphatic rings. The maximum Gasteiger partial charge on any atom is 0.248 e. The Kier molecular flexibility index (Phi) is 5.67. The molecule has 8 nitrogen and oxygen atoms in total. The van der Waals surface area contributed by atoms with Crippen molar-refractivity contribution in [2.24, 2.45) is 5.73 Å². The van der Waals surface area contributed by atoms with Crippen molar-refractivity contribution < 1.29 is 4.79 Å². The predicted octanol–water partition coefficient (Wildman–Crippen LogP) is 3.77. The number of benzene rings is 2. The number of likely N-dealkylation sites (N-methyl/N-ethyl adjacent to an activating group) is 1. The molecule has 5 rings (SSSR count). The number of nitrogens with one attached hydrogen (secondary N) is 1. The van der Waals surface area contributed by atoms with Crippen LogP contribution in [-0.4, -0.2) is 57.4 Å². The van der Waals surface area contributed by atoms with Crippen LogP contribution in [0.5, 0.6) is 0 Å². The molecule has 0 bridgehead atoms. The van der Waals surface area contributed by atoms with E-state index in [2.05, 4.69) is 70.2 Å². The van der Waals surface area contributed by atoms with Gasteiger partial charge in [0.2, 0.25) is 5.91 Å². The number of aromatic nitrogens is 3. The van der Waals surface area contributed by atoms with Gasteiger partial charge in [-0.3, -0.25) is 14.1 Å². The summed E-state index contributed by atoms with van der Waals surface area (Å²) in [6.45, 7) is 6.59. The summed E-state index contributed by atoms with van der Waals surface area (Å²) in [6.07, 6.45) is 5.46. The second kappa shape index (κ2) is 8.79. The van der Waals surface area contributed by atoms with Gasteiger partial charge in [-0.15, -0.1) is 0 Å². The SMILES string of the molecule is C[C@@H]1CN(c2ccc(Nc3ncc(-c4ccc(C(N)=O)cc4)n4ccnc34)cc2)C[C@H](C)N1C. The minimum Gasteiger partial charge on any atom is -0.368 e. The molecule has 1 fully saturated rings. The van der Waals surface area contributed by atoms with Crippen LogP contribution in [-0.2, 0) is 0 Å². The van der Waals surface area contributed by atoms with Gasteiger partial charge in [0.05, 0.1) is 11.9 Å². The standard InChI is InChI=1S/C26H29N7O/c1-17-15-32(16-18(2)31(17)3)22-10-8-21(9-11-22)30-25-26-28-12-13-33(26)23(14-29-25)19-4-6-20(7-5-19)24(27)34/h4-14,17-18H,15-16H2,1-3H3,(H2,27,34)(H,29,30)/t17-,18+. The number of fused-ring (bicyclic) bond motifs is 1. The molecular formula is C26H29N7O. The summed E-state index contributed by atoms with van der Waals surface area (Å²) in [5, 5.41) is 3.41. The Labute approximate surface area is 199 Å². The van der Waals surface area contributed by atoms with Crippen LogP contribution < -0.4 is 16.0 Å². The third-order valence-electron chi connectivity index (χ3n) is 6.75. The lowest BCUT2D eigenvalue weighted by Gasteiger charge is -2.43. The van der Waals surface area contributed by atoms with Gasteiger partial charge >= 0.3 is 0 Å². The Morgan fingerprint density at radius 2 is 1.68 bits per heavy atom. The molecule has 1 amide bonds. The van der Waals surface area contributed by atoms with Crippen molar-refractivity contribution in [3.63, 3.8) is 0 Å². The number of hydrogen-bond donors (Lipinski definition) is 2. The number of piperazine rings is 1. The normalized spacial score (nSPS) is 18.9. The summed E-state index contributed by atoms with van der Waals surface area (Å²) in [4.78, 5) is 25.4. The van der Waals surface area contributed by atoms with E-state index in [1.54, 1.807) is 24.5 Å². The number of imidazole rings is 1. The molecule has 1 aliphatic heterocycles. The molecule has 0 unspecified atom stereocenters. The van der Waals surface area contributed by atoms with Crippen LogP contribution in [0, 0.1) is 0 Å². The van der Waals surface area contributed by atoms with Crippen LogP contribution >= 0.6 is 0 Å². The van der Waals surface area contributed by atoms with Crippen LogP contribution in [0.15, 0.2) is 67.1 Å². The van der Waals surface area contributed by atoms with Gasteiger partial charge in [-0.05, 0) is 57.3 Å². The van der Waals surface area contributed by atoms with E-state index in [1.165, 1.54) is 5.69 Å². The fraction of sp³-hybridized carbons (Fsp3) is 0.269. The molecule has 0 radical (unpaired) electrons. The van der Waals surface area contributed by atoms with Crippen LogP contribution in [0.3, 0.4) is 0 Å². The molecule has 0 saturated carbocycles. The lowest BCUT2D eigenvalue weighted by atomic mass is 10.1. The van der Waals surface area contributed by atoms with E-state index in [9.17, 15) is 4.79 Å². The molecule has 0 aliphatic carbocycles. The van der Waals surface area contributed by atoms with E-state index >= 15 is 0 Å². The maximum atomic E-state index is 11.4. The van der Waals surface area contributed by atoms with Crippen molar-refractivity contribution >= 4 is 28.7 Å². The van der Waals surface area contributed by atoms with Gasteiger partial charge in [0.25, 0.3) is 0 Å². The predicted molar refractivity (Wildman–Crippen MR) is 136 cm³/mol. The average Bonchev–Trinajstić information content (AvgIpc) is 3.33. The molecule has 0 spiro atoms. The third kappa shape index (κ3) is 4.08. The number of nitrogens with zero attached hydrogens (tertiary/aromatic N) is 5. The Bertz CT molecular complexity index is 1300. The van der Waals surface area contributed by atoms with Crippen LogP contribution in [0.25, 0.3) is 16.9 Å². The van der Waals surface area contributed by atoms with Crippen LogP contribution in [0.1, 0.15) is 24.2 Å². The highest BCUT2D eigenvalue weighted by Gasteiger charge is 2.26. The van der Waals surface area contributed by atoms with Crippen molar-refractivity contribution in [2.75, 3.05) is 30.4 Å². The number of hydrogen-bond acceptors (Lipinski definition) is 6. The van der Waals surface area contributed by atoms with Gasteiger partial charge in [-0.1, -0.05) is 12.1 Å². The second-order valence-electron chi connectivity index (χ2n) is 8.99. The Morgan fingerprint density at radius 3 is 2.32 bits per heavy atom. The molecule has 2 aromatic heterocycles. The molecule has 3 N–H and O–H groups in total. The summed E-state index contributed by atoms with van der Waals surface area (Å²) in [5.41, 5.74) is 10.5. The molecule has 174 valence electrons. The molecule has 1 saturated heterocycles. The molecule has 4 aromatic rings. The molecule has 34 heavy (non-hydrogen) atoms. The minimum atomic E-state index is -0.445. The number of amides is 1. The number of anilines is 3. The van der Waals surface area contributed by atoms with Crippen molar-refractivity contribution in [1.82, 2.24) is 19.3 Å². The highest BCUT2D eigenvalue weighted by Crippen LogP contribution is 2.27. The number of carbonyl (C=O) groups excluding carboxylic acids is 1. The smallest absolute Gasteiger partial charge is 0.248 e. The summed E-state index contributed by atoms with van der Waals surface area (Å²) in [5.74, 6) is 0.233. The first-order valence-electron chi connectivity index (χ1n) is 11.5. The number of rotatable bonds is 5. The molecule has 2 atom stereocenters. The van der Waals surface area contributed by atoms with Gasteiger partial charge in [0, 0.05) is 60.1 Å². The monoisotopic (exact) mass is 455 g/mol. The van der Waals surface area contributed by atoms with Gasteiger partial charge in [-0.2, -0.15) is 0 Å². The first-order valence-corrected chi connectivity index (χ1v) is 11.5. The number of primary amides is 1. The lowest BCUT2D eigenvalue weighted by Crippen LogP contribution is -2.55. The van der Waals surface area contributed by atoms with Gasteiger partial charge in [0.1, 0.15) is 0 Å². The maximum absolute atomic E-state index is 11.4. The summed E-state index contributed by atoms with van der Waals surface area (Å²) < 4.78 is 1.98. The number of carbonyl (C=O) groups is 1. The number of nitrogens with two attached hydrogens (primary N) is 1. The van der Waals surface area contributed by atoms with E-state index in [0.29, 0.717) is 23.5 Å². The Morgan fingerprint density at radius 1 is 1.00 bits per heavy atom. The molecular weight excluding hydrogens is 426 g/mol. The third-order valence-corrected chi connectivity index (χ3v) is 6.75. The topological polar surface area (TPSA) is 91.8 Å². The Hall–Kier alpha value is -3.91. The fourth-order valence-electron chi connectivity index (χ4n) is 4.53. The van der Waals surface area contributed by atoms with Gasteiger partial charge in [-0.25, -0.2) is 9.97 Å². The average molecular weight is 456 g/mol.